The summed E-state index contributed by atoms with van der Waals surface area (Å²) in [5.41, 5.74) is 1.51. The molecule has 5 nitrogen and oxygen atoms in total. The highest BCUT2D eigenvalue weighted by Gasteiger charge is 2.49. The minimum absolute atomic E-state index is 0.0569. The van der Waals surface area contributed by atoms with Gasteiger partial charge in [-0.25, -0.2) is 12.8 Å². The minimum Gasteiger partial charge on any atom is -0.316 e. The molecule has 2 fully saturated rings. The van der Waals surface area contributed by atoms with Crippen LogP contribution in [0.1, 0.15) is 5.56 Å². The highest BCUT2D eigenvalue weighted by molar-refractivity contribution is 14.1. The Morgan fingerprint density at radius 3 is 2.68 bits per heavy atom. The van der Waals surface area contributed by atoms with Gasteiger partial charge in [0.05, 0.1) is 24.0 Å². The fraction of sp³-hybridized carbons (Fsp3) is 0.263. The summed E-state index contributed by atoms with van der Waals surface area (Å²) in [6.07, 6.45) is 0.0676. The number of carbonyl (C=O) groups excluding carboxylic acids is 1. The van der Waals surface area contributed by atoms with Crippen molar-refractivity contribution in [2.45, 2.75) is 17.7 Å². The molecule has 0 bridgehead atoms. The Bertz CT molecular complexity index is 1060. The first-order valence-electron chi connectivity index (χ1n) is 8.58. The lowest BCUT2D eigenvalue weighted by Crippen LogP contribution is -2.37. The number of anilines is 1. The first-order valence-corrected chi connectivity index (χ1v) is 12.4. The van der Waals surface area contributed by atoms with Gasteiger partial charge in [-0.3, -0.25) is 4.79 Å². The van der Waals surface area contributed by atoms with Gasteiger partial charge in [0.15, 0.2) is 15.0 Å². The molecule has 2 atom stereocenters. The number of benzene rings is 2. The van der Waals surface area contributed by atoms with E-state index in [-0.39, 0.29) is 40.9 Å². The maximum Gasteiger partial charge on any atom is 0.252 e. The Morgan fingerprint density at radius 2 is 1.96 bits per heavy atom. The molecule has 2 aromatic carbocycles. The van der Waals surface area contributed by atoms with Crippen molar-refractivity contribution in [3.63, 3.8) is 0 Å². The van der Waals surface area contributed by atoms with Crippen LogP contribution in [0.2, 0.25) is 0 Å². The Balaban J connectivity index is 1.63. The molecule has 0 radical (unpaired) electrons. The van der Waals surface area contributed by atoms with Crippen LogP contribution in [0.5, 0.6) is 0 Å². The van der Waals surface area contributed by atoms with Gasteiger partial charge in [0.2, 0.25) is 0 Å². The fourth-order valence-electron chi connectivity index (χ4n) is 3.42. The highest BCUT2D eigenvalue weighted by Crippen LogP contribution is 2.41. The van der Waals surface area contributed by atoms with Crippen molar-refractivity contribution in [3.05, 3.63) is 63.5 Å². The molecule has 2 aromatic rings. The standard InChI is InChI=1S/C19H16FIN2O3S2/c20-13-6-4-12(5-7-13)8-18(24)22-19-23(15-3-1-2-14(21)9-15)16-10-28(25,26)11-17(16)27-19/h1-7,9,16-17H,8,10-11H2/t16-,17+/m1/s1. The maximum atomic E-state index is 13.0. The number of amidine groups is 1. The Morgan fingerprint density at radius 1 is 1.21 bits per heavy atom. The van der Waals surface area contributed by atoms with E-state index in [0.717, 1.165) is 9.26 Å². The van der Waals surface area contributed by atoms with Gasteiger partial charge in [0, 0.05) is 14.5 Å². The molecule has 28 heavy (non-hydrogen) atoms. The first-order chi connectivity index (χ1) is 13.3. The van der Waals surface area contributed by atoms with Gasteiger partial charge in [-0.2, -0.15) is 4.99 Å². The van der Waals surface area contributed by atoms with Gasteiger partial charge in [-0.1, -0.05) is 30.0 Å². The molecule has 2 saturated heterocycles. The summed E-state index contributed by atoms with van der Waals surface area (Å²) in [4.78, 5) is 18.7. The van der Waals surface area contributed by atoms with Crippen molar-refractivity contribution in [1.82, 2.24) is 0 Å². The van der Waals surface area contributed by atoms with E-state index in [4.69, 9.17) is 0 Å². The van der Waals surface area contributed by atoms with Gasteiger partial charge >= 0.3 is 0 Å². The van der Waals surface area contributed by atoms with E-state index in [0.29, 0.717) is 10.7 Å². The number of hydrogen-bond donors (Lipinski definition) is 0. The average molecular weight is 530 g/mol. The number of fused-ring (bicyclic) bond motifs is 1. The molecule has 0 N–H and O–H groups in total. The molecule has 2 aliphatic heterocycles. The zero-order valence-electron chi connectivity index (χ0n) is 14.6. The van der Waals surface area contributed by atoms with Crippen LogP contribution in [0.3, 0.4) is 0 Å². The molecule has 0 saturated carbocycles. The Labute approximate surface area is 180 Å². The second-order valence-corrected chi connectivity index (χ2v) is 11.3. The zero-order valence-corrected chi connectivity index (χ0v) is 18.4. The predicted octanol–water partition coefficient (Wildman–Crippen LogP) is 3.27. The number of carbonyl (C=O) groups is 1. The summed E-state index contributed by atoms with van der Waals surface area (Å²) < 4.78 is 38.3. The van der Waals surface area contributed by atoms with Crippen LogP contribution in [0.25, 0.3) is 0 Å². The summed E-state index contributed by atoms with van der Waals surface area (Å²) in [6.45, 7) is 0. The lowest BCUT2D eigenvalue weighted by molar-refractivity contribution is -0.117. The van der Waals surface area contributed by atoms with Gasteiger partial charge in [0.25, 0.3) is 5.91 Å². The number of sulfone groups is 1. The fourth-order valence-corrected chi connectivity index (χ4v) is 7.87. The van der Waals surface area contributed by atoms with Gasteiger partial charge in [0.1, 0.15) is 5.82 Å². The molecule has 0 spiro atoms. The third kappa shape index (κ3) is 4.25. The van der Waals surface area contributed by atoms with Crippen molar-refractivity contribution in [2.24, 2.45) is 4.99 Å². The third-order valence-electron chi connectivity index (χ3n) is 4.64. The maximum absolute atomic E-state index is 13.0. The van der Waals surface area contributed by atoms with Crippen molar-refractivity contribution in [2.75, 3.05) is 16.4 Å². The number of rotatable bonds is 3. The summed E-state index contributed by atoms with van der Waals surface area (Å²) in [7, 11) is -3.10. The SMILES string of the molecule is O=C(Cc1ccc(F)cc1)N=C1S[C@H]2CS(=O)(=O)C[C@H]2N1c1cccc(I)c1. The quantitative estimate of drug-likeness (QED) is 0.571. The van der Waals surface area contributed by atoms with Crippen LogP contribution in [-0.2, 0) is 21.1 Å². The molecule has 2 aliphatic rings. The predicted molar refractivity (Wildman–Crippen MR) is 118 cm³/mol. The van der Waals surface area contributed by atoms with E-state index in [1.807, 2.05) is 29.2 Å². The van der Waals surface area contributed by atoms with Crippen molar-refractivity contribution in [1.29, 1.82) is 0 Å². The molecule has 0 unspecified atom stereocenters. The van der Waals surface area contributed by atoms with Crippen LogP contribution in [-0.4, -0.2) is 42.3 Å². The van der Waals surface area contributed by atoms with Crippen molar-refractivity contribution >= 4 is 61.0 Å². The lowest BCUT2D eigenvalue weighted by atomic mass is 10.1. The lowest BCUT2D eigenvalue weighted by Gasteiger charge is -2.24. The minimum atomic E-state index is -3.10. The van der Waals surface area contributed by atoms with E-state index >= 15 is 0 Å². The number of aliphatic imine (C=N–C) groups is 1. The molecule has 4 rings (SSSR count). The van der Waals surface area contributed by atoms with E-state index in [1.165, 1.54) is 23.9 Å². The van der Waals surface area contributed by atoms with Crippen LogP contribution < -0.4 is 4.90 Å². The largest absolute Gasteiger partial charge is 0.316 e. The third-order valence-corrected chi connectivity index (χ3v) is 8.52. The van der Waals surface area contributed by atoms with Crippen LogP contribution >= 0.6 is 34.4 Å². The van der Waals surface area contributed by atoms with Crippen LogP contribution in [0.15, 0.2) is 53.5 Å². The number of halogens is 2. The van der Waals surface area contributed by atoms with Crippen LogP contribution in [0, 0.1) is 9.39 Å². The summed E-state index contributed by atoms with van der Waals surface area (Å²) in [6, 6.07) is 13.2. The van der Waals surface area contributed by atoms with E-state index < -0.39 is 9.84 Å². The first kappa shape index (κ1) is 19.8. The van der Waals surface area contributed by atoms with Gasteiger partial charge in [-0.15, -0.1) is 0 Å². The molecule has 146 valence electrons. The average Bonchev–Trinajstić information content (AvgIpc) is 3.07. The summed E-state index contributed by atoms with van der Waals surface area (Å²) >= 11 is 3.55. The van der Waals surface area contributed by atoms with Gasteiger partial charge in [-0.05, 0) is 58.5 Å². The van der Waals surface area contributed by atoms with E-state index in [2.05, 4.69) is 27.6 Å². The molecular formula is C19H16FIN2O3S2. The Hall–Kier alpha value is -1.46. The molecule has 9 heteroatoms. The second kappa shape index (κ2) is 7.75. The molecule has 2 heterocycles. The highest BCUT2D eigenvalue weighted by atomic mass is 127. The number of amides is 1. The zero-order chi connectivity index (χ0) is 19.9. The summed E-state index contributed by atoms with van der Waals surface area (Å²) in [5.74, 6) is -0.546. The topological polar surface area (TPSA) is 66.8 Å². The van der Waals surface area contributed by atoms with Gasteiger partial charge < -0.3 is 4.90 Å². The molecule has 0 aliphatic carbocycles. The number of nitrogens with zero attached hydrogens (tertiary/aromatic N) is 2. The Kier molecular flexibility index (Phi) is 5.49. The molecule has 0 aromatic heterocycles. The number of hydrogen-bond acceptors (Lipinski definition) is 4. The van der Waals surface area contributed by atoms with Crippen LogP contribution in [0.4, 0.5) is 10.1 Å². The normalized spacial score (nSPS) is 24.5. The summed E-state index contributed by atoms with van der Waals surface area (Å²) in [5, 5.41) is 0.388. The molecule has 1 amide bonds. The van der Waals surface area contributed by atoms with Crippen molar-refractivity contribution < 1.29 is 17.6 Å². The smallest absolute Gasteiger partial charge is 0.252 e. The number of thioether (sulfide) groups is 1. The molecular weight excluding hydrogens is 514 g/mol. The van der Waals surface area contributed by atoms with E-state index in [1.54, 1.807) is 12.1 Å². The second-order valence-electron chi connectivity index (χ2n) is 6.74. The van der Waals surface area contributed by atoms with E-state index in [9.17, 15) is 17.6 Å². The van der Waals surface area contributed by atoms with Crippen molar-refractivity contribution in [3.8, 4) is 0 Å². The monoisotopic (exact) mass is 530 g/mol.